The Morgan fingerprint density at radius 3 is 2.88 bits per heavy atom. The molecule has 25 heavy (non-hydrogen) atoms. The third-order valence-electron chi connectivity index (χ3n) is 3.79. The molecule has 1 N–H and O–H groups in total. The minimum Gasteiger partial charge on any atom is -0.348 e. The Hall–Kier alpha value is -2.67. The molecule has 1 unspecified atom stereocenters. The fourth-order valence-electron chi connectivity index (χ4n) is 2.41. The summed E-state index contributed by atoms with van der Waals surface area (Å²) in [6, 6.07) is 9.40. The van der Waals surface area contributed by atoms with E-state index in [9.17, 15) is 4.79 Å². The van der Waals surface area contributed by atoms with Gasteiger partial charge in [0.05, 0.1) is 12.7 Å². The quantitative estimate of drug-likeness (QED) is 0.703. The van der Waals surface area contributed by atoms with E-state index in [1.54, 1.807) is 17.1 Å². The molecule has 0 saturated heterocycles. The molecule has 7 nitrogen and oxygen atoms in total. The fraction of sp³-hybridized carbons (Fsp3) is 0.294. The molecule has 0 bridgehead atoms. The van der Waals surface area contributed by atoms with Gasteiger partial charge in [-0.15, -0.1) is 5.10 Å². The van der Waals surface area contributed by atoms with Crippen molar-refractivity contribution in [3.8, 4) is 0 Å². The number of nitrogens with zero attached hydrogens (tertiary/aromatic N) is 5. The van der Waals surface area contributed by atoms with Crippen molar-refractivity contribution in [1.29, 1.82) is 0 Å². The van der Waals surface area contributed by atoms with Crippen LogP contribution in [-0.2, 0) is 13.1 Å². The molecule has 2 aromatic heterocycles. The summed E-state index contributed by atoms with van der Waals surface area (Å²) in [4.78, 5) is 12.3. The number of benzene rings is 1. The van der Waals surface area contributed by atoms with Crippen LogP contribution in [-0.4, -0.2) is 36.7 Å². The predicted octanol–water partition coefficient (Wildman–Crippen LogP) is 2.38. The molecule has 0 radical (unpaired) electrons. The Bertz CT molecular complexity index is 829. The maximum absolute atomic E-state index is 12.3. The number of hydrogen-bond donors (Lipinski definition) is 1. The second-order valence-electron chi connectivity index (χ2n) is 5.83. The summed E-state index contributed by atoms with van der Waals surface area (Å²) in [5.41, 5.74) is 1.21. The van der Waals surface area contributed by atoms with E-state index in [0.717, 1.165) is 18.5 Å². The summed E-state index contributed by atoms with van der Waals surface area (Å²) in [7, 11) is 0. The number of nitrogens with one attached hydrogen (secondary N) is 1. The van der Waals surface area contributed by atoms with Gasteiger partial charge in [0.25, 0.3) is 5.91 Å². The summed E-state index contributed by atoms with van der Waals surface area (Å²) in [5.74, 6) is -0.238. The highest BCUT2D eigenvalue weighted by Crippen LogP contribution is 2.15. The maximum Gasteiger partial charge on any atom is 0.273 e. The van der Waals surface area contributed by atoms with Crippen LogP contribution in [0.2, 0.25) is 5.02 Å². The van der Waals surface area contributed by atoms with Gasteiger partial charge in [0.15, 0.2) is 5.69 Å². The van der Waals surface area contributed by atoms with Gasteiger partial charge in [0.1, 0.15) is 0 Å². The zero-order chi connectivity index (χ0) is 17.6. The standard InChI is InChI=1S/C17H19ClN6O/c1-13(7-10-23-9-4-8-19-23)20-17(25)16-12-24(22-21-16)11-14-5-2-3-6-15(14)18/h2-6,8-9,12-13H,7,10-11H2,1H3,(H,20,25). The van der Waals surface area contributed by atoms with Crippen LogP contribution in [0.1, 0.15) is 29.4 Å². The van der Waals surface area contributed by atoms with E-state index in [1.165, 1.54) is 0 Å². The van der Waals surface area contributed by atoms with Crippen LogP contribution >= 0.6 is 11.6 Å². The molecule has 0 fully saturated rings. The largest absolute Gasteiger partial charge is 0.348 e. The smallest absolute Gasteiger partial charge is 0.273 e. The third-order valence-corrected chi connectivity index (χ3v) is 4.16. The Morgan fingerprint density at radius 2 is 2.12 bits per heavy atom. The Morgan fingerprint density at radius 1 is 1.28 bits per heavy atom. The van der Waals surface area contributed by atoms with E-state index in [1.807, 2.05) is 48.1 Å². The summed E-state index contributed by atoms with van der Waals surface area (Å²) in [6.07, 6.45) is 6.04. The number of hydrogen-bond acceptors (Lipinski definition) is 4. The highest BCUT2D eigenvalue weighted by molar-refractivity contribution is 6.31. The lowest BCUT2D eigenvalue weighted by atomic mass is 10.2. The first-order chi connectivity index (χ1) is 12.1. The normalized spacial score (nSPS) is 12.1. The number of aromatic nitrogens is 5. The minimum absolute atomic E-state index is 0.00502. The number of halogens is 1. The summed E-state index contributed by atoms with van der Waals surface area (Å²) < 4.78 is 3.44. The first-order valence-electron chi connectivity index (χ1n) is 8.03. The molecule has 1 amide bonds. The van der Waals surface area contributed by atoms with E-state index in [2.05, 4.69) is 20.7 Å². The molecule has 0 saturated carbocycles. The fourth-order valence-corrected chi connectivity index (χ4v) is 2.60. The first kappa shape index (κ1) is 17.2. The first-order valence-corrected chi connectivity index (χ1v) is 8.41. The number of amides is 1. The molecule has 0 spiro atoms. The Labute approximate surface area is 150 Å². The molecule has 3 rings (SSSR count). The lowest BCUT2D eigenvalue weighted by molar-refractivity contribution is 0.0932. The average Bonchev–Trinajstić information content (AvgIpc) is 3.27. The second kappa shape index (κ2) is 7.94. The van der Waals surface area contributed by atoms with Crippen molar-refractivity contribution in [2.45, 2.75) is 32.5 Å². The van der Waals surface area contributed by atoms with E-state index in [4.69, 9.17) is 11.6 Å². The van der Waals surface area contributed by atoms with Crippen LogP contribution in [0, 0.1) is 0 Å². The molecule has 2 heterocycles. The molecule has 0 aliphatic rings. The molecule has 3 aromatic rings. The van der Waals surface area contributed by atoms with Crippen molar-refractivity contribution < 1.29 is 4.79 Å². The van der Waals surface area contributed by atoms with Gasteiger partial charge in [-0.2, -0.15) is 5.10 Å². The van der Waals surface area contributed by atoms with E-state index < -0.39 is 0 Å². The van der Waals surface area contributed by atoms with Crippen molar-refractivity contribution in [2.75, 3.05) is 0 Å². The molecule has 130 valence electrons. The minimum atomic E-state index is -0.238. The molecule has 1 aromatic carbocycles. The SMILES string of the molecule is CC(CCn1cccn1)NC(=O)c1cn(Cc2ccccc2Cl)nn1. The lowest BCUT2D eigenvalue weighted by Crippen LogP contribution is -2.33. The van der Waals surface area contributed by atoms with Gasteiger partial charge in [-0.3, -0.25) is 9.48 Å². The zero-order valence-corrected chi connectivity index (χ0v) is 14.6. The number of carbonyl (C=O) groups excluding carboxylic acids is 1. The number of carbonyl (C=O) groups is 1. The topological polar surface area (TPSA) is 77.6 Å². The van der Waals surface area contributed by atoms with Gasteiger partial charge < -0.3 is 5.32 Å². The average molecular weight is 359 g/mol. The maximum atomic E-state index is 12.3. The van der Waals surface area contributed by atoms with Crippen LogP contribution in [0.25, 0.3) is 0 Å². The highest BCUT2D eigenvalue weighted by atomic mass is 35.5. The molecule has 1 atom stereocenters. The van der Waals surface area contributed by atoms with E-state index in [-0.39, 0.29) is 17.6 Å². The van der Waals surface area contributed by atoms with Crippen LogP contribution in [0.5, 0.6) is 0 Å². The highest BCUT2D eigenvalue weighted by Gasteiger charge is 2.14. The second-order valence-corrected chi connectivity index (χ2v) is 6.23. The third kappa shape index (κ3) is 4.67. The van der Waals surface area contributed by atoms with Crippen molar-refractivity contribution >= 4 is 17.5 Å². The number of aryl methyl sites for hydroxylation is 1. The van der Waals surface area contributed by atoms with Gasteiger partial charge >= 0.3 is 0 Å². The van der Waals surface area contributed by atoms with Crippen LogP contribution in [0.4, 0.5) is 0 Å². The van der Waals surface area contributed by atoms with Gasteiger partial charge in [0.2, 0.25) is 0 Å². The van der Waals surface area contributed by atoms with Crippen LogP contribution in [0.15, 0.2) is 48.9 Å². The van der Waals surface area contributed by atoms with Gasteiger partial charge in [-0.1, -0.05) is 35.0 Å². The monoisotopic (exact) mass is 358 g/mol. The van der Waals surface area contributed by atoms with E-state index in [0.29, 0.717) is 11.6 Å². The Kier molecular flexibility index (Phi) is 5.45. The molecule has 8 heteroatoms. The summed E-state index contributed by atoms with van der Waals surface area (Å²) in [6.45, 7) is 3.16. The van der Waals surface area contributed by atoms with Crippen LogP contribution in [0.3, 0.4) is 0 Å². The van der Waals surface area contributed by atoms with Crippen molar-refractivity contribution in [2.24, 2.45) is 0 Å². The van der Waals surface area contributed by atoms with Crippen molar-refractivity contribution in [1.82, 2.24) is 30.1 Å². The molecular formula is C17H19ClN6O. The van der Waals surface area contributed by atoms with Gasteiger partial charge in [-0.05, 0) is 31.0 Å². The zero-order valence-electron chi connectivity index (χ0n) is 13.8. The van der Waals surface area contributed by atoms with Crippen molar-refractivity contribution in [3.05, 3.63) is 65.2 Å². The Balaban J connectivity index is 1.54. The van der Waals surface area contributed by atoms with Crippen LogP contribution < -0.4 is 5.32 Å². The molecule has 0 aliphatic heterocycles. The van der Waals surface area contributed by atoms with Gasteiger partial charge in [-0.25, -0.2) is 4.68 Å². The summed E-state index contributed by atoms with van der Waals surface area (Å²) in [5, 5.41) is 15.7. The van der Waals surface area contributed by atoms with E-state index >= 15 is 0 Å². The molecule has 0 aliphatic carbocycles. The van der Waals surface area contributed by atoms with Crippen molar-refractivity contribution in [3.63, 3.8) is 0 Å². The predicted molar refractivity (Wildman–Crippen MR) is 94.3 cm³/mol. The summed E-state index contributed by atoms with van der Waals surface area (Å²) >= 11 is 6.14. The van der Waals surface area contributed by atoms with Gasteiger partial charge in [0, 0.05) is 30.0 Å². The lowest BCUT2D eigenvalue weighted by Gasteiger charge is -2.12. The number of rotatable bonds is 7. The molecular weight excluding hydrogens is 340 g/mol.